The maximum absolute atomic E-state index is 11.3. The lowest BCUT2D eigenvalue weighted by Gasteiger charge is -2.26. The molecule has 2 rings (SSSR count). The third-order valence-electron chi connectivity index (χ3n) is 4.09. The first-order valence-corrected chi connectivity index (χ1v) is 8.84. The van der Waals surface area contributed by atoms with E-state index in [1.807, 2.05) is 24.3 Å². The van der Waals surface area contributed by atoms with Gasteiger partial charge in [-0.05, 0) is 56.1 Å². The molecule has 5 nitrogen and oxygen atoms in total. The SMILES string of the molecule is N#CCC(=O)NCCc1cc(Cl)ccc1OCCN1CCCCC1. The molecule has 1 saturated heterocycles. The van der Waals surface area contributed by atoms with Crippen LogP contribution in [0.25, 0.3) is 0 Å². The van der Waals surface area contributed by atoms with Gasteiger partial charge in [0.25, 0.3) is 0 Å². The van der Waals surface area contributed by atoms with Gasteiger partial charge in [-0.2, -0.15) is 5.26 Å². The molecule has 1 heterocycles. The molecule has 1 aliphatic rings. The molecule has 1 fully saturated rings. The summed E-state index contributed by atoms with van der Waals surface area (Å²) in [6.45, 7) is 4.35. The molecule has 0 bridgehead atoms. The predicted molar refractivity (Wildman–Crippen MR) is 94.2 cm³/mol. The number of benzene rings is 1. The van der Waals surface area contributed by atoms with Crippen LogP contribution in [0, 0.1) is 11.3 Å². The number of nitrogens with one attached hydrogen (secondary N) is 1. The number of carbonyl (C=O) groups excluding carboxylic acids is 1. The largest absolute Gasteiger partial charge is 0.492 e. The van der Waals surface area contributed by atoms with Gasteiger partial charge in [0, 0.05) is 18.1 Å². The van der Waals surface area contributed by atoms with Crippen molar-refractivity contribution >= 4 is 17.5 Å². The van der Waals surface area contributed by atoms with Crippen LogP contribution in [0.4, 0.5) is 0 Å². The first-order chi connectivity index (χ1) is 11.7. The van der Waals surface area contributed by atoms with Gasteiger partial charge in [0.1, 0.15) is 18.8 Å². The number of nitriles is 1. The van der Waals surface area contributed by atoms with Crippen LogP contribution in [-0.4, -0.2) is 43.6 Å². The highest BCUT2D eigenvalue weighted by Crippen LogP contribution is 2.23. The van der Waals surface area contributed by atoms with Crippen molar-refractivity contribution in [3.63, 3.8) is 0 Å². The summed E-state index contributed by atoms with van der Waals surface area (Å²) in [7, 11) is 0. The maximum atomic E-state index is 11.3. The van der Waals surface area contributed by atoms with Gasteiger partial charge in [-0.25, -0.2) is 0 Å². The molecule has 0 aliphatic carbocycles. The van der Waals surface area contributed by atoms with Gasteiger partial charge in [-0.1, -0.05) is 18.0 Å². The Morgan fingerprint density at radius 1 is 1.33 bits per heavy atom. The van der Waals surface area contributed by atoms with Crippen LogP contribution in [0.2, 0.25) is 5.02 Å². The van der Waals surface area contributed by atoms with Gasteiger partial charge < -0.3 is 10.1 Å². The fourth-order valence-corrected chi connectivity index (χ4v) is 3.02. The summed E-state index contributed by atoms with van der Waals surface area (Å²) in [4.78, 5) is 13.8. The highest BCUT2D eigenvalue weighted by molar-refractivity contribution is 6.30. The van der Waals surface area contributed by atoms with Gasteiger partial charge in [0.2, 0.25) is 5.91 Å². The summed E-state index contributed by atoms with van der Waals surface area (Å²) in [6.07, 6.45) is 4.38. The smallest absolute Gasteiger partial charge is 0.234 e. The number of nitrogens with zero attached hydrogens (tertiary/aromatic N) is 2. The van der Waals surface area contributed by atoms with Crippen LogP contribution in [0.3, 0.4) is 0 Å². The molecule has 6 heteroatoms. The molecule has 0 saturated carbocycles. The topological polar surface area (TPSA) is 65.4 Å². The highest BCUT2D eigenvalue weighted by atomic mass is 35.5. The molecule has 0 atom stereocenters. The van der Waals surface area contributed by atoms with Crippen molar-refractivity contribution < 1.29 is 9.53 Å². The molecular formula is C18H24ClN3O2. The van der Waals surface area contributed by atoms with Gasteiger partial charge in [-0.15, -0.1) is 0 Å². The van der Waals surface area contributed by atoms with Crippen molar-refractivity contribution in [2.45, 2.75) is 32.1 Å². The molecular weight excluding hydrogens is 326 g/mol. The van der Waals surface area contributed by atoms with Crippen LogP contribution < -0.4 is 10.1 Å². The van der Waals surface area contributed by atoms with Crippen LogP contribution in [0.1, 0.15) is 31.2 Å². The normalized spacial score (nSPS) is 14.8. The summed E-state index contributed by atoms with van der Waals surface area (Å²) in [5, 5.41) is 11.9. The van der Waals surface area contributed by atoms with Crippen molar-refractivity contribution in [2.24, 2.45) is 0 Å². The molecule has 0 radical (unpaired) electrons. The minimum atomic E-state index is -0.257. The number of hydrogen-bond acceptors (Lipinski definition) is 4. The summed E-state index contributed by atoms with van der Waals surface area (Å²) in [5.74, 6) is 0.554. The molecule has 1 aliphatic heterocycles. The van der Waals surface area contributed by atoms with Gasteiger partial charge in [-0.3, -0.25) is 9.69 Å². The summed E-state index contributed by atoms with van der Waals surface area (Å²) >= 11 is 6.07. The van der Waals surface area contributed by atoms with Crippen LogP contribution in [-0.2, 0) is 11.2 Å². The third-order valence-corrected chi connectivity index (χ3v) is 4.33. The molecule has 1 aromatic rings. The summed E-state index contributed by atoms with van der Waals surface area (Å²) in [6, 6.07) is 7.40. The molecule has 130 valence electrons. The number of piperidine rings is 1. The van der Waals surface area contributed by atoms with Crippen molar-refractivity contribution in [1.29, 1.82) is 5.26 Å². The molecule has 1 N–H and O–H groups in total. The first kappa shape index (κ1) is 18.6. The Kier molecular flexibility index (Phi) is 7.87. The van der Waals surface area contributed by atoms with Crippen LogP contribution in [0.5, 0.6) is 5.75 Å². The van der Waals surface area contributed by atoms with E-state index in [1.165, 1.54) is 19.3 Å². The Balaban J connectivity index is 1.82. The van der Waals surface area contributed by atoms with Gasteiger partial charge in [0.05, 0.1) is 6.07 Å². The molecule has 24 heavy (non-hydrogen) atoms. The monoisotopic (exact) mass is 349 g/mol. The van der Waals surface area contributed by atoms with E-state index in [1.54, 1.807) is 0 Å². The quantitative estimate of drug-likeness (QED) is 0.783. The van der Waals surface area contributed by atoms with Crippen molar-refractivity contribution in [3.8, 4) is 11.8 Å². The highest BCUT2D eigenvalue weighted by Gasteiger charge is 2.11. The number of amides is 1. The summed E-state index contributed by atoms with van der Waals surface area (Å²) < 4.78 is 5.93. The Hall–Kier alpha value is -1.77. The summed E-state index contributed by atoms with van der Waals surface area (Å²) in [5.41, 5.74) is 0.971. The van der Waals surface area contributed by atoms with Gasteiger partial charge in [0.15, 0.2) is 0 Å². The fourth-order valence-electron chi connectivity index (χ4n) is 2.82. The number of hydrogen-bond donors (Lipinski definition) is 1. The maximum Gasteiger partial charge on any atom is 0.234 e. The molecule has 0 unspecified atom stereocenters. The average molecular weight is 350 g/mol. The number of carbonyl (C=O) groups is 1. The number of likely N-dealkylation sites (tertiary alicyclic amines) is 1. The zero-order valence-electron chi connectivity index (χ0n) is 13.9. The van der Waals surface area contributed by atoms with Crippen LogP contribution in [0.15, 0.2) is 18.2 Å². The first-order valence-electron chi connectivity index (χ1n) is 8.46. The Morgan fingerprint density at radius 3 is 2.88 bits per heavy atom. The minimum absolute atomic E-state index is 0.116. The lowest BCUT2D eigenvalue weighted by molar-refractivity contribution is -0.120. The number of ether oxygens (including phenoxy) is 1. The second kappa shape index (κ2) is 10.2. The molecule has 0 aromatic heterocycles. The molecule has 0 spiro atoms. The lowest BCUT2D eigenvalue weighted by Crippen LogP contribution is -2.33. The van der Waals surface area contributed by atoms with E-state index < -0.39 is 0 Å². The number of rotatable bonds is 8. The van der Waals surface area contributed by atoms with Crippen LogP contribution >= 0.6 is 11.6 Å². The second-order valence-corrected chi connectivity index (χ2v) is 6.37. The zero-order chi connectivity index (χ0) is 17.2. The van der Waals surface area contributed by atoms with E-state index >= 15 is 0 Å². The Morgan fingerprint density at radius 2 is 2.12 bits per heavy atom. The van der Waals surface area contributed by atoms with E-state index in [4.69, 9.17) is 21.6 Å². The standard InChI is InChI=1S/C18H24ClN3O2/c19-16-4-5-17(24-13-12-22-10-2-1-3-11-22)15(14-16)7-9-21-18(23)6-8-20/h4-5,14H,1-3,6-7,9-13H2,(H,21,23). The second-order valence-electron chi connectivity index (χ2n) is 5.94. The van der Waals surface area contributed by atoms with Crippen molar-refractivity contribution in [1.82, 2.24) is 10.2 Å². The number of halogens is 1. The van der Waals surface area contributed by atoms with E-state index in [2.05, 4.69) is 10.2 Å². The van der Waals surface area contributed by atoms with Crippen molar-refractivity contribution in [3.05, 3.63) is 28.8 Å². The van der Waals surface area contributed by atoms with E-state index in [0.717, 1.165) is 30.9 Å². The predicted octanol–water partition coefficient (Wildman–Crippen LogP) is 2.78. The average Bonchev–Trinajstić information content (AvgIpc) is 2.58. The van der Waals surface area contributed by atoms with E-state index in [0.29, 0.717) is 24.6 Å². The van der Waals surface area contributed by atoms with Crippen molar-refractivity contribution in [2.75, 3.05) is 32.8 Å². The van der Waals surface area contributed by atoms with E-state index in [9.17, 15) is 4.79 Å². The zero-order valence-corrected chi connectivity index (χ0v) is 14.6. The van der Waals surface area contributed by atoms with E-state index in [-0.39, 0.29) is 12.3 Å². The minimum Gasteiger partial charge on any atom is -0.492 e. The van der Waals surface area contributed by atoms with Gasteiger partial charge >= 0.3 is 0 Å². The molecule has 1 aromatic carbocycles. The third kappa shape index (κ3) is 6.38. The Bertz CT molecular complexity index is 580. The Labute approximate surface area is 148 Å². The molecule has 1 amide bonds. The lowest BCUT2D eigenvalue weighted by atomic mass is 10.1. The fraction of sp³-hybridized carbons (Fsp3) is 0.556.